The van der Waals surface area contributed by atoms with Crippen LogP contribution in [0, 0.1) is 0 Å². The quantitative estimate of drug-likeness (QED) is 0.489. The minimum atomic E-state index is -0.463. The summed E-state index contributed by atoms with van der Waals surface area (Å²) in [5, 5.41) is 4.65. The van der Waals surface area contributed by atoms with Gasteiger partial charge in [0, 0.05) is 42.1 Å². The lowest BCUT2D eigenvalue weighted by Crippen LogP contribution is -2.33. The number of anilines is 1. The van der Waals surface area contributed by atoms with Crippen molar-refractivity contribution in [2.45, 2.75) is 58.8 Å². The van der Waals surface area contributed by atoms with Gasteiger partial charge in [-0.15, -0.1) is 0 Å². The van der Waals surface area contributed by atoms with Gasteiger partial charge in [-0.2, -0.15) is 5.10 Å². The Kier molecular flexibility index (Phi) is 5.36. The molecular weight excluding hydrogens is 414 g/mol. The van der Waals surface area contributed by atoms with Crippen molar-refractivity contribution in [1.82, 2.24) is 24.3 Å². The van der Waals surface area contributed by atoms with E-state index in [1.165, 1.54) is 12.8 Å². The minimum absolute atomic E-state index is 0.444. The number of primary amides is 1. The van der Waals surface area contributed by atoms with Crippen LogP contribution >= 0.6 is 0 Å². The lowest BCUT2D eigenvalue weighted by molar-refractivity contribution is 0.100. The van der Waals surface area contributed by atoms with Crippen molar-refractivity contribution in [2.75, 3.05) is 4.90 Å². The fraction of sp³-hybridized carbons (Fsp3) is 0.360. The van der Waals surface area contributed by atoms with Gasteiger partial charge in [-0.25, -0.2) is 9.97 Å². The van der Waals surface area contributed by atoms with Crippen molar-refractivity contribution in [1.29, 1.82) is 0 Å². The Hall–Kier alpha value is -3.68. The third-order valence-corrected chi connectivity index (χ3v) is 6.60. The van der Waals surface area contributed by atoms with Gasteiger partial charge in [-0.1, -0.05) is 0 Å². The van der Waals surface area contributed by atoms with Crippen LogP contribution in [0.1, 0.15) is 49.7 Å². The number of pyridine rings is 1. The van der Waals surface area contributed by atoms with Gasteiger partial charge in [0.25, 0.3) is 0 Å². The van der Waals surface area contributed by atoms with E-state index in [0.29, 0.717) is 24.2 Å². The molecule has 5 rings (SSSR count). The molecule has 170 valence electrons. The number of nitrogens with two attached hydrogens (primary N) is 1. The molecule has 0 bridgehead atoms. The summed E-state index contributed by atoms with van der Waals surface area (Å²) in [5.41, 5.74) is 9.46. The Morgan fingerprint density at radius 2 is 1.91 bits per heavy atom. The Morgan fingerprint density at radius 3 is 2.55 bits per heavy atom. The van der Waals surface area contributed by atoms with Crippen molar-refractivity contribution < 1.29 is 4.79 Å². The molecule has 0 unspecified atom stereocenters. The number of imidazole rings is 1. The zero-order chi connectivity index (χ0) is 23.1. The molecule has 4 aromatic rings. The first-order valence-corrected chi connectivity index (χ1v) is 11.5. The number of carbonyl (C=O) groups excluding carboxylic acids is 1. The molecule has 2 atom stereocenters. The van der Waals surface area contributed by atoms with Crippen molar-refractivity contribution in [3.05, 3.63) is 60.0 Å². The molecule has 3 aromatic heterocycles. The van der Waals surface area contributed by atoms with Crippen LogP contribution < -0.4 is 10.6 Å². The van der Waals surface area contributed by atoms with Gasteiger partial charge in [-0.05, 0) is 70.0 Å². The van der Waals surface area contributed by atoms with Gasteiger partial charge in [0.05, 0.1) is 23.3 Å². The second kappa shape index (κ2) is 8.35. The van der Waals surface area contributed by atoms with Crippen LogP contribution in [0.3, 0.4) is 0 Å². The van der Waals surface area contributed by atoms with E-state index in [4.69, 9.17) is 15.7 Å². The number of fused-ring (bicyclic) bond motifs is 1. The average molecular weight is 444 g/mol. The van der Waals surface area contributed by atoms with E-state index < -0.39 is 5.91 Å². The van der Waals surface area contributed by atoms with E-state index in [0.717, 1.165) is 40.5 Å². The monoisotopic (exact) mass is 443 g/mol. The number of carbonyl (C=O) groups is 1. The van der Waals surface area contributed by atoms with Crippen LogP contribution in [0.2, 0.25) is 0 Å². The molecule has 1 saturated heterocycles. The van der Waals surface area contributed by atoms with Crippen molar-refractivity contribution in [3.63, 3.8) is 0 Å². The second-order valence-corrected chi connectivity index (χ2v) is 8.84. The molecule has 1 aliphatic heterocycles. The SMILES string of the molecule is CCn1ccc(Cn2c(-c3ccc(N4[C@H](C)CC[C@@H]4C)nc3)nc3cc(C(N)=O)ccc32)n1. The third kappa shape index (κ3) is 3.86. The summed E-state index contributed by atoms with van der Waals surface area (Å²) in [6.45, 7) is 7.96. The molecule has 8 nitrogen and oxygen atoms in total. The summed E-state index contributed by atoms with van der Waals surface area (Å²) >= 11 is 0. The van der Waals surface area contributed by atoms with Crippen LogP contribution in [-0.2, 0) is 13.1 Å². The highest BCUT2D eigenvalue weighted by atomic mass is 16.1. The van der Waals surface area contributed by atoms with Crippen molar-refractivity contribution >= 4 is 22.8 Å². The summed E-state index contributed by atoms with van der Waals surface area (Å²) in [6.07, 6.45) is 6.25. The molecule has 1 fully saturated rings. The van der Waals surface area contributed by atoms with Crippen LogP contribution in [-0.4, -0.2) is 42.3 Å². The third-order valence-electron chi connectivity index (χ3n) is 6.60. The molecule has 2 N–H and O–H groups in total. The van der Waals surface area contributed by atoms with Crippen LogP contribution in [0.5, 0.6) is 0 Å². The standard InChI is InChI=1S/C25H29N7O/c1-4-30-12-11-20(29-30)15-31-22-9-7-18(24(26)33)13-21(22)28-25(31)19-8-10-23(27-14-19)32-16(2)5-6-17(32)3/h7-14,16-17H,4-6,15H2,1-3H3,(H2,26,33)/t16-,17+. The predicted octanol–water partition coefficient (Wildman–Crippen LogP) is 3.84. The summed E-state index contributed by atoms with van der Waals surface area (Å²) in [6, 6.07) is 12.6. The molecule has 0 aliphatic carbocycles. The highest BCUT2D eigenvalue weighted by Gasteiger charge is 2.28. The molecule has 1 aromatic carbocycles. The number of aryl methyl sites for hydroxylation is 1. The van der Waals surface area contributed by atoms with E-state index in [1.807, 2.05) is 29.2 Å². The summed E-state index contributed by atoms with van der Waals surface area (Å²) in [5.74, 6) is 1.32. The highest BCUT2D eigenvalue weighted by Crippen LogP contribution is 2.31. The number of amides is 1. The Labute approximate surface area is 193 Å². The maximum Gasteiger partial charge on any atom is 0.248 e. The fourth-order valence-electron chi connectivity index (χ4n) is 4.81. The molecular formula is C25H29N7O. The first kappa shape index (κ1) is 21.2. The minimum Gasteiger partial charge on any atom is -0.366 e. The van der Waals surface area contributed by atoms with Crippen LogP contribution in [0.15, 0.2) is 48.8 Å². The Morgan fingerprint density at radius 1 is 1.12 bits per heavy atom. The zero-order valence-electron chi connectivity index (χ0n) is 19.3. The van der Waals surface area contributed by atoms with Crippen LogP contribution in [0.4, 0.5) is 5.82 Å². The largest absolute Gasteiger partial charge is 0.366 e. The summed E-state index contributed by atoms with van der Waals surface area (Å²) < 4.78 is 4.04. The number of benzene rings is 1. The number of nitrogens with zero attached hydrogens (tertiary/aromatic N) is 6. The fourth-order valence-corrected chi connectivity index (χ4v) is 4.81. The zero-order valence-corrected chi connectivity index (χ0v) is 19.3. The van der Waals surface area contributed by atoms with Gasteiger partial charge in [0.2, 0.25) is 5.91 Å². The lowest BCUT2D eigenvalue weighted by Gasteiger charge is -2.27. The van der Waals surface area contributed by atoms with Gasteiger partial charge in [0.1, 0.15) is 11.6 Å². The number of hydrogen-bond donors (Lipinski definition) is 1. The summed E-state index contributed by atoms with van der Waals surface area (Å²) in [4.78, 5) is 23.8. The van der Waals surface area contributed by atoms with Gasteiger partial charge in [0.15, 0.2) is 0 Å². The van der Waals surface area contributed by atoms with Crippen LogP contribution in [0.25, 0.3) is 22.4 Å². The maximum atomic E-state index is 11.7. The van der Waals surface area contributed by atoms with E-state index >= 15 is 0 Å². The Balaban J connectivity index is 1.57. The molecule has 8 heteroatoms. The van der Waals surface area contributed by atoms with Crippen molar-refractivity contribution in [3.8, 4) is 11.4 Å². The first-order valence-electron chi connectivity index (χ1n) is 11.5. The molecule has 0 saturated carbocycles. The molecule has 4 heterocycles. The molecule has 0 radical (unpaired) electrons. The van der Waals surface area contributed by atoms with Gasteiger partial charge < -0.3 is 15.2 Å². The molecule has 33 heavy (non-hydrogen) atoms. The first-order chi connectivity index (χ1) is 15.9. The van der Waals surface area contributed by atoms with E-state index in [9.17, 15) is 4.79 Å². The lowest BCUT2D eigenvalue weighted by atomic mass is 10.2. The normalized spacial score (nSPS) is 18.3. The molecule has 1 aliphatic rings. The highest BCUT2D eigenvalue weighted by molar-refractivity contribution is 5.96. The Bertz CT molecular complexity index is 1290. The smallest absolute Gasteiger partial charge is 0.248 e. The van der Waals surface area contributed by atoms with E-state index in [2.05, 4.69) is 47.5 Å². The van der Waals surface area contributed by atoms with Gasteiger partial charge in [-0.3, -0.25) is 9.48 Å². The van der Waals surface area contributed by atoms with Gasteiger partial charge >= 0.3 is 0 Å². The maximum absolute atomic E-state index is 11.7. The molecule has 1 amide bonds. The van der Waals surface area contributed by atoms with E-state index in [-0.39, 0.29) is 0 Å². The number of aromatic nitrogens is 5. The topological polar surface area (TPSA) is 94.9 Å². The second-order valence-electron chi connectivity index (χ2n) is 8.84. The average Bonchev–Trinajstić information content (AvgIpc) is 3.51. The summed E-state index contributed by atoms with van der Waals surface area (Å²) in [7, 11) is 0. The number of hydrogen-bond acceptors (Lipinski definition) is 5. The van der Waals surface area contributed by atoms with Crippen molar-refractivity contribution in [2.24, 2.45) is 5.73 Å². The van der Waals surface area contributed by atoms with E-state index in [1.54, 1.807) is 12.1 Å². The number of rotatable bonds is 6. The predicted molar refractivity (Wildman–Crippen MR) is 129 cm³/mol. The molecule has 0 spiro atoms.